The molecule has 27 heavy (non-hydrogen) atoms. The lowest BCUT2D eigenvalue weighted by molar-refractivity contribution is -0.122. The summed E-state index contributed by atoms with van der Waals surface area (Å²) in [5, 5.41) is 3.32. The van der Waals surface area contributed by atoms with Crippen LogP contribution in [0.1, 0.15) is 12.5 Å². The van der Waals surface area contributed by atoms with E-state index in [1.54, 1.807) is 19.2 Å². The molecule has 1 aromatic carbocycles. The molecule has 3 rings (SSSR count). The molecule has 1 amide bonds. The first kappa shape index (κ1) is 19.5. The first-order valence-electron chi connectivity index (χ1n) is 9.05. The Morgan fingerprint density at radius 2 is 1.96 bits per heavy atom. The first-order chi connectivity index (χ1) is 12.9. The monoisotopic (exact) mass is 388 g/mol. The maximum absolute atomic E-state index is 12.4. The van der Waals surface area contributed by atoms with Gasteiger partial charge >= 0.3 is 0 Å². The van der Waals surface area contributed by atoms with Crippen LogP contribution in [0.25, 0.3) is 0 Å². The molecule has 1 unspecified atom stereocenters. The average Bonchev–Trinajstić information content (AvgIpc) is 2.66. The normalized spacial score (nSPS) is 16.1. The Hall–Kier alpha value is -2.31. The third-order valence-corrected chi connectivity index (χ3v) is 4.91. The van der Waals surface area contributed by atoms with Crippen LogP contribution in [-0.2, 0) is 4.79 Å². The zero-order valence-corrected chi connectivity index (χ0v) is 16.7. The van der Waals surface area contributed by atoms with Gasteiger partial charge in [0.1, 0.15) is 11.6 Å². The van der Waals surface area contributed by atoms with Crippen LogP contribution in [-0.4, -0.2) is 55.1 Å². The highest BCUT2D eigenvalue weighted by Crippen LogP contribution is 2.26. The number of carbonyl (C=O) groups excluding carboxylic acids is 1. The van der Waals surface area contributed by atoms with Gasteiger partial charge in [-0.2, -0.15) is 0 Å². The minimum Gasteiger partial charge on any atom is -0.479 e. The summed E-state index contributed by atoms with van der Waals surface area (Å²) in [5.41, 5.74) is 1.66. The van der Waals surface area contributed by atoms with E-state index in [9.17, 15) is 4.79 Å². The fourth-order valence-corrected chi connectivity index (χ4v) is 3.03. The second-order valence-electron chi connectivity index (χ2n) is 6.88. The third-order valence-electron chi connectivity index (χ3n) is 4.60. The Morgan fingerprint density at radius 1 is 1.22 bits per heavy atom. The molecule has 0 radical (unpaired) electrons. The molecule has 1 atom stereocenters. The number of rotatable bonds is 5. The molecule has 2 aromatic rings. The predicted octanol–water partition coefficient (Wildman–Crippen LogP) is 3.20. The summed E-state index contributed by atoms with van der Waals surface area (Å²) in [6.07, 6.45) is 0.999. The van der Waals surface area contributed by atoms with Crippen LogP contribution in [0.3, 0.4) is 0 Å². The largest absolute Gasteiger partial charge is 0.479 e. The number of ether oxygens (including phenoxy) is 1. The van der Waals surface area contributed by atoms with E-state index in [2.05, 4.69) is 27.1 Å². The molecular formula is C20H25ClN4O2. The second-order valence-corrected chi connectivity index (χ2v) is 7.29. The van der Waals surface area contributed by atoms with E-state index in [-0.39, 0.29) is 5.91 Å². The number of pyridine rings is 1. The molecular weight excluding hydrogens is 364 g/mol. The fraction of sp³-hybridized carbons (Fsp3) is 0.400. The van der Waals surface area contributed by atoms with E-state index >= 15 is 0 Å². The molecule has 6 nitrogen and oxygen atoms in total. The predicted molar refractivity (Wildman–Crippen MR) is 109 cm³/mol. The van der Waals surface area contributed by atoms with Crippen molar-refractivity contribution >= 4 is 29.0 Å². The number of aromatic nitrogens is 1. The summed E-state index contributed by atoms with van der Waals surface area (Å²) in [7, 11) is 2.12. The van der Waals surface area contributed by atoms with Crippen LogP contribution in [0.5, 0.6) is 5.75 Å². The molecule has 1 aliphatic heterocycles. The summed E-state index contributed by atoms with van der Waals surface area (Å²) in [6.45, 7) is 7.60. The highest BCUT2D eigenvalue weighted by molar-refractivity contribution is 6.32. The average molecular weight is 389 g/mol. The van der Waals surface area contributed by atoms with Crippen molar-refractivity contribution in [3.8, 4) is 5.75 Å². The maximum Gasteiger partial charge on any atom is 0.265 e. The quantitative estimate of drug-likeness (QED) is 0.852. The van der Waals surface area contributed by atoms with Crippen molar-refractivity contribution in [2.45, 2.75) is 20.0 Å². The number of hydrogen-bond donors (Lipinski definition) is 1. The highest BCUT2D eigenvalue weighted by atomic mass is 35.5. The van der Waals surface area contributed by atoms with Crippen LogP contribution in [0, 0.1) is 6.92 Å². The number of carbonyl (C=O) groups is 1. The van der Waals surface area contributed by atoms with E-state index in [0.717, 1.165) is 37.6 Å². The van der Waals surface area contributed by atoms with Crippen LogP contribution >= 0.6 is 11.6 Å². The van der Waals surface area contributed by atoms with Crippen LogP contribution in [0.4, 0.5) is 11.5 Å². The smallest absolute Gasteiger partial charge is 0.265 e. The Morgan fingerprint density at radius 3 is 2.63 bits per heavy atom. The van der Waals surface area contributed by atoms with E-state index < -0.39 is 6.10 Å². The van der Waals surface area contributed by atoms with Crippen LogP contribution < -0.4 is 15.0 Å². The highest BCUT2D eigenvalue weighted by Gasteiger charge is 2.18. The first-order valence-corrected chi connectivity index (χ1v) is 9.43. The van der Waals surface area contributed by atoms with Gasteiger partial charge in [-0.3, -0.25) is 4.79 Å². The van der Waals surface area contributed by atoms with Gasteiger partial charge in [0, 0.05) is 26.2 Å². The summed E-state index contributed by atoms with van der Waals surface area (Å²) in [5.74, 6) is 1.18. The molecule has 1 saturated heterocycles. The molecule has 1 fully saturated rings. The minimum atomic E-state index is -0.679. The fourth-order valence-electron chi connectivity index (χ4n) is 2.87. The number of piperazine rings is 1. The summed E-state index contributed by atoms with van der Waals surface area (Å²) in [4.78, 5) is 21.4. The van der Waals surface area contributed by atoms with Crippen molar-refractivity contribution in [2.24, 2.45) is 0 Å². The molecule has 0 aliphatic carbocycles. The standard InChI is InChI=1S/C20H25ClN4O2/c1-14-4-6-17(21)18(12-14)27-15(2)20(26)23-16-5-7-19(22-13-16)25-10-8-24(3)9-11-25/h4-7,12-13,15H,8-11H2,1-3H3,(H,23,26). The Bertz CT molecular complexity index is 789. The molecule has 0 bridgehead atoms. The number of nitrogens with one attached hydrogen (secondary N) is 1. The van der Waals surface area contributed by atoms with Gasteiger partial charge in [0.25, 0.3) is 5.91 Å². The number of amides is 1. The summed E-state index contributed by atoms with van der Waals surface area (Å²) >= 11 is 6.13. The number of benzene rings is 1. The Labute approximate surface area is 165 Å². The molecule has 0 spiro atoms. The number of halogens is 1. The van der Waals surface area contributed by atoms with Crippen molar-refractivity contribution in [1.29, 1.82) is 0 Å². The van der Waals surface area contributed by atoms with E-state index in [1.807, 2.05) is 31.2 Å². The van der Waals surface area contributed by atoms with Gasteiger partial charge in [-0.05, 0) is 50.7 Å². The van der Waals surface area contributed by atoms with Crippen molar-refractivity contribution < 1.29 is 9.53 Å². The van der Waals surface area contributed by atoms with Gasteiger partial charge in [0.05, 0.1) is 16.9 Å². The topological polar surface area (TPSA) is 57.7 Å². The molecule has 1 N–H and O–H groups in total. The van der Waals surface area contributed by atoms with Gasteiger partial charge < -0.3 is 19.9 Å². The summed E-state index contributed by atoms with van der Waals surface area (Å²) in [6, 6.07) is 9.28. The molecule has 1 aromatic heterocycles. The van der Waals surface area contributed by atoms with Crippen LogP contribution in [0.2, 0.25) is 5.02 Å². The van der Waals surface area contributed by atoms with Crippen molar-refractivity contribution in [3.05, 3.63) is 47.1 Å². The lowest BCUT2D eigenvalue weighted by atomic mass is 10.2. The maximum atomic E-state index is 12.4. The van der Waals surface area contributed by atoms with Gasteiger partial charge in [0.15, 0.2) is 6.10 Å². The van der Waals surface area contributed by atoms with Crippen molar-refractivity contribution in [3.63, 3.8) is 0 Å². The number of hydrogen-bond acceptors (Lipinski definition) is 5. The Kier molecular flexibility index (Phi) is 6.19. The number of likely N-dealkylation sites (N-methyl/N-ethyl adjacent to an activating group) is 1. The number of anilines is 2. The SMILES string of the molecule is Cc1ccc(Cl)c(OC(C)C(=O)Nc2ccc(N3CCN(C)CC3)nc2)c1. The molecule has 0 saturated carbocycles. The van der Waals surface area contributed by atoms with Crippen molar-refractivity contribution in [2.75, 3.05) is 43.4 Å². The van der Waals surface area contributed by atoms with Gasteiger partial charge in [-0.25, -0.2) is 4.98 Å². The molecule has 144 valence electrons. The number of nitrogens with zero attached hydrogens (tertiary/aromatic N) is 3. The zero-order valence-electron chi connectivity index (χ0n) is 15.9. The van der Waals surface area contributed by atoms with E-state index in [0.29, 0.717) is 16.5 Å². The molecule has 1 aliphatic rings. The zero-order chi connectivity index (χ0) is 19.4. The Balaban J connectivity index is 1.57. The number of aryl methyl sites for hydroxylation is 1. The third kappa shape index (κ3) is 5.11. The van der Waals surface area contributed by atoms with E-state index in [4.69, 9.17) is 16.3 Å². The minimum absolute atomic E-state index is 0.248. The molecule has 7 heteroatoms. The van der Waals surface area contributed by atoms with Crippen LogP contribution in [0.15, 0.2) is 36.5 Å². The lowest BCUT2D eigenvalue weighted by Gasteiger charge is -2.33. The van der Waals surface area contributed by atoms with Gasteiger partial charge in [-0.15, -0.1) is 0 Å². The van der Waals surface area contributed by atoms with Crippen molar-refractivity contribution in [1.82, 2.24) is 9.88 Å². The van der Waals surface area contributed by atoms with Gasteiger partial charge in [0.2, 0.25) is 0 Å². The van der Waals surface area contributed by atoms with E-state index in [1.165, 1.54) is 0 Å². The second kappa shape index (κ2) is 8.59. The lowest BCUT2D eigenvalue weighted by Crippen LogP contribution is -2.44. The summed E-state index contributed by atoms with van der Waals surface area (Å²) < 4.78 is 5.71. The van der Waals surface area contributed by atoms with Gasteiger partial charge in [-0.1, -0.05) is 17.7 Å². The molecule has 2 heterocycles.